The standard InChI is InChI=1S/C12H22N2O2/c15-12(16)10-6-8-14(9-7-10)13-11-4-2-1-3-5-11/h10-11,13H,1-9H2,(H,15,16). The van der Waals surface area contributed by atoms with E-state index in [1.807, 2.05) is 0 Å². The zero-order valence-electron chi connectivity index (χ0n) is 9.82. The van der Waals surface area contributed by atoms with Crippen LogP contribution >= 0.6 is 0 Å². The molecule has 0 aromatic rings. The molecule has 1 saturated heterocycles. The van der Waals surface area contributed by atoms with Crippen LogP contribution in [0.15, 0.2) is 0 Å². The molecule has 0 spiro atoms. The maximum Gasteiger partial charge on any atom is 0.306 e. The number of carbonyl (C=O) groups is 1. The first-order valence-corrected chi connectivity index (χ1v) is 6.49. The molecular formula is C12H22N2O2. The number of carboxylic acid groups (broad SMARTS) is 1. The highest BCUT2D eigenvalue weighted by atomic mass is 16.4. The summed E-state index contributed by atoms with van der Waals surface area (Å²) in [5.41, 5.74) is 3.56. The van der Waals surface area contributed by atoms with Crippen LogP contribution in [0, 0.1) is 5.92 Å². The predicted octanol–water partition coefficient (Wildman–Crippen LogP) is 1.62. The Bertz CT molecular complexity index is 231. The van der Waals surface area contributed by atoms with E-state index < -0.39 is 5.97 Å². The van der Waals surface area contributed by atoms with Gasteiger partial charge in [-0.05, 0) is 25.7 Å². The molecule has 0 aromatic carbocycles. The van der Waals surface area contributed by atoms with Crippen molar-refractivity contribution in [2.75, 3.05) is 13.1 Å². The molecule has 0 atom stereocenters. The maximum absolute atomic E-state index is 10.8. The quantitative estimate of drug-likeness (QED) is 0.768. The molecule has 0 unspecified atom stereocenters. The van der Waals surface area contributed by atoms with Gasteiger partial charge in [0, 0.05) is 19.1 Å². The summed E-state index contributed by atoms with van der Waals surface area (Å²) in [6, 6.07) is 0.634. The average Bonchev–Trinajstić information content (AvgIpc) is 2.31. The second-order valence-electron chi connectivity index (χ2n) is 5.06. The maximum atomic E-state index is 10.8. The van der Waals surface area contributed by atoms with E-state index in [0.717, 1.165) is 25.9 Å². The zero-order chi connectivity index (χ0) is 11.4. The lowest BCUT2D eigenvalue weighted by atomic mass is 9.95. The van der Waals surface area contributed by atoms with Crippen molar-refractivity contribution in [3.8, 4) is 0 Å². The third-order valence-electron chi connectivity index (χ3n) is 3.81. The van der Waals surface area contributed by atoms with Crippen LogP contribution in [-0.2, 0) is 4.79 Å². The fourth-order valence-electron chi connectivity index (χ4n) is 2.75. The summed E-state index contributed by atoms with van der Waals surface area (Å²) in [5, 5.41) is 11.1. The fourth-order valence-corrected chi connectivity index (χ4v) is 2.75. The minimum atomic E-state index is -0.627. The van der Waals surface area contributed by atoms with Gasteiger partial charge in [0.05, 0.1) is 5.92 Å². The van der Waals surface area contributed by atoms with Crippen molar-refractivity contribution in [1.29, 1.82) is 0 Å². The lowest BCUT2D eigenvalue weighted by Crippen LogP contribution is -2.49. The number of carboxylic acids is 1. The van der Waals surface area contributed by atoms with Crippen LogP contribution in [-0.4, -0.2) is 35.2 Å². The molecule has 4 nitrogen and oxygen atoms in total. The number of nitrogens with zero attached hydrogens (tertiary/aromatic N) is 1. The Labute approximate surface area is 97.0 Å². The van der Waals surface area contributed by atoms with Gasteiger partial charge in [-0.1, -0.05) is 19.3 Å². The first-order valence-electron chi connectivity index (χ1n) is 6.49. The van der Waals surface area contributed by atoms with Crippen molar-refractivity contribution in [3.05, 3.63) is 0 Å². The van der Waals surface area contributed by atoms with Crippen molar-refractivity contribution < 1.29 is 9.90 Å². The van der Waals surface area contributed by atoms with Crippen LogP contribution < -0.4 is 5.43 Å². The Morgan fingerprint density at radius 2 is 1.69 bits per heavy atom. The zero-order valence-corrected chi connectivity index (χ0v) is 9.82. The van der Waals surface area contributed by atoms with Gasteiger partial charge in [-0.25, -0.2) is 5.01 Å². The monoisotopic (exact) mass is 226 g/mol. The Kier molecular flexibility index (Phi) is 4.18. The third kappa shape index (κ3) is 3.19. The molecule has 1 aliphatic heterocycles. The molecule has 0 bridgehead atoms. The van der Waals surface area contributed by atoms with E-state index in [1.54, 1.807) is 0 Å². The molecule has 2 aliphatic rings. The topological polar surface area (TPSA) is 52.6 Å². The number of hydrogen-bond donors (Lipinski definition) is 2. The SMILES string of the molecule is O=C(O)C1CCN(NC2CCCCC2)CC1. The highest BCUT2D eigenvalue weighted by Crippen LogP contribution is 2.20. The number of hydrogen-bond acceptors (Lipinski definition) is 3. The van der Waals surface area contributed by atoms with Gasteiger partial charge in [0.25, 0.3) is 0 Å². The molecule has 1 heterocycles. The van der Waals surface area contributed by atoms with Crippen LogP contribution in [0.25, 0.3) is 0 Å². The van der Waals surface area contributed by atoms with Crippen molar-refractivity contribution in [1.82, 2.24) is 10.4 Å². The van der Waals surface area contributed by atoms with E-state index >= 15 is 0 Å². The molecule has 2 fully saturated rings. The van der Waals surface area contributed by atoms with E-state index in [1.165, 1.54) is 32.1 Å². The minimum Gasteiger partial charge on any atom is -0.481 e. The van der Waals surface area contributed by atoms with Crippen LogP contribution in [0.3, 0.4) is 0 Å². The number of piperidine rings is 1. The Balaban J connectivity index is 1.70. The van der Waals surface area contributed by atoms with Crippen molar-refractivity contribution in [2.24, 2.45) is 5.92 Å². The number of aliphatic carboxylic acids is 1. The molecule has 16 heavy (non-hydrogen) atoms. The first kappa shape index (κ1) is 11.9. The second-order valence-corrected chi connectivity index (χ2v) is 5.06. The summed E-state index contributed by atoms with van der Waals surface area (Å²) in [5.74, 6) is -0.748. The molecule has 4 heteroatoms. The third-order valence-corrected chi connectivity index (χ3v) is 3.81. The fraction of sp³-hybridized carbons (Fsp3) is 0.917. The van der Waals surface area contributed by atoms with E-state index in [2.05, 4.69) is 10.4 Å². The van der Waals surface area contributed by atoms with Gasteiger partial charge in [-0.2, -0.15) is 0 Å². The molecule has 92 valence electrons. The summed E-state index contributed by atoms with van der Waals surface area (Å²) in [6.07, 6.45) is 8.17. The van der Waals surface area contributed by atoms with Gasteiger partial charge >= 0.3 is 5.97 Å². The molecule has 2 N–H and O–H groups in total. The van der Waals surface area contributed by atoms with Crippen LogP contribution in [0.1, 0.15) is 44.9 Å². The molecule has 2 rings (SSSR count). The highest BCUT2D eigenvalue weighted by Gasteiger charge is 2.25. The summed E-state index contributed by atoms with van der Waals surface area (Å²) in [4.78, 5) is 10.8. The molecule has 0 radical (unpaired) electrons. The largest absolute Gasteiger partial charge is 0.481 e. The Morgan fingerprint density at radius 3 is 2.25 bits per heavy atom. The van der Waals surface area contributed by atoms with Crippen LogP contribution in [0.4, 0.5) is 0 Å². The molecule has 1 aliphatic carbocycles. The van der Waals surface area contributed by atoms with Crippen LogP contribution in [0.2, 0.25) is 0 Å². The Morgan fingerprint density at radius 1 is 1.06 bits per heavy atom. The lowest BCUT2D eigenvalue weighted by Gasteiger charge is -2.35. The predicted molar refractivity (Wildman–Crippen MR) is 61.9 cm³/mol. The summed E-state index contributed by atoms with van der Waals surface area (Å²) in [7, 11) is 0. The first-order chi connectivity index (χ1) is 7.75. The molecular weight excluding hydrogens is 204 g/mol. The molecule has 0 aromatic heterocycles. The van der Waals surface area contributed by atoms with E-state index in [4.69, 9.17) is 5.11 Å². The molecule has 1 saturated carbocycles. The minimum absolute atomic E-state index is 0.121. The van der Waals surface area contributed by atoms with Gasteiger partial charge in [-0.15, -0.1) is 0 Å². The van der Waals surface area contributed by atoms with E-state index in [0.29, 0.717) is 6.04 Å². The number of rotatable bonds is 3. The van der Waals surface area contributed by atoms with Crippen molar-refractivity contribution in [3.63, 3.8) is 0 Å². The Hall–Kier alpha value is -0.610. The van der Waals surface area contributed by atoms with Crippen molar-refractivity contribution >= 4 is 5.97 Å². The van der Waals surface area contributed by atoms with Crippen molar-refractivity contribution in [2.45, 2.75) is 51.0 Å². The normalized spacial score (nSPS) is 25.8. The average molecular weight is 226 g/mol. The number of nitrogens with one attached hydrogen (secondary N) is 1. The smallest absolute Gasteiger partial charge is 0.306 e. The van der Waals surface area contributed by atoms with Gasteiger partial charge < -0.3 is 5.11 Å². The highest BCUT2D eigenvalue weighted by molar-refractivity contribution is 5.70. The summed E-state index contributed by atoms with van der Waals surface area (Å²) < 4.78 is 0. The lowest BCUT2D eigenvalue weighted by molar-refractivity contribution is -0.143. The van der Waals surface area contributed by atoms with Crippen LogP contribution in [0.5, 0.6) is 0 Å². The summed E-state index contributed by atoms with van der Waals surface area (Å²) >= 11 is 0. The van der Waals surface area contributed by atoms with Gasteiger partial charge in [-0.3, -0.25) is 10.2 Å². The van der Waals surface area contributed by atoms with Gasteiger partial charge in [0.15, 0.2) is 0 Å². The number of hydrazine groups is 1. The summed E-state index contributed by atoms with van der Waals surface area (Å²) in [6.45, 7) is 1.76. The molecule has 0 amide bonds. The van der Waals surface area contributed by atoms with E-state index in [9.17, 15) is 4.79 Å². The second kappa shape index (κ2) is 5.64. The van der Waals surface area contributed by atoms with Gasteiger partial charge in [0.1, 0.15) is 0 Å². The van der Waals surface area contributed by atoms with Gasteiger partial charge in [0.2, 0.25) is 0 Å². The van der Waals surface area contributed by atoms with E-state index in [-0.39, 0.29) is 5.92 Å².